The first kappa shape index (κ1) is 16.3. The van der Waals surface area contributed by atoms with Crippen LogP contribution in [0.3, 0.4) is 0 Å². The highest BCUT2D eigenvalue weighted by atomic mass is 35.5. The van der Waals surface area contributed by atoms with Gasteiger partial charge < -0.3 is 16.4 Å². The normalized spacial score (nSPS) is 11.7. The molecule has 0 fully saturated rings. The van der Waals surface area contributed by atoms with Crippen molar-refractivity contribution in [1.29, 1.82) is 0 Å². The van der Waals surface area contributed by atoms with Crippen LogP contribution in [0.1, 0.15) is 10.4 Å². The van der Waals surface area contributed by atoms with E-state index in [-0.39, 0.29) is 5.91 Å². The van der Waals surface area contributed by atoms with Gasteiger partial charge in [0.15, 0.2) is 0 Å². The van der Waals surface area contributed by atoms with Gasteiger partial charge in [0, 0.05) is 11.3 Å². The van der Waals surface area contributed by atoms with Crippen LogP contribution in [0.25, 0.3) is 0 Å². The number of hydrogen-bond donors (Lipinski definition) is 3. The van der Waals surface area contributed by atoms with Crippen molar-refractivity contribution in [2.75, 3.05) is 0 Å². The van der Waals surface area contributed by atoms with Crippen molar-refractivity contribution >= 4 is 34.9 Å². The Morgan fingerprint density at radius 3 is 2.50 bits per heavy atom. The lowest BCUT2D eigenvalue weighted by Crippen LogP contribution is -2.49. The number of urea groups is 1. The molecule has 0 bridgehead atoms. The van der Waals surface area contributed by atoms with Crippen molar-refractivity contribution in [1.82, 2.24) is 10.6 Å². The summed E-state index contributed by atoms with van der Waals surface area (Å²) in [7, 11) is 0. The minimum Gasteiger partial charge on any atom is -0.352 e. The lowest BCUT2D eigenvalue weighted by Gasteiger charge is -2.17. The number of nitrogens with one attached hydrogen (secondary N) is 2. The Morgan fingerprint density at radius 1 is 1.18 bits per heavy atom. The van der Waals surface area contributed by atoms with Gasteiger partial charge in [0.2, 0.25) is 5.91 Å². The SMILES string of the molecule is NC(=O)N[C@@H](Cc1ccccc1)C(=O)NCc1ccc(Cl)s1. The Labute approximate surface area is 137 Å². The summed E-state index contributed by atoms with van der Waals surface area (Å²) in [5.41, 5.74) is 6.09. The van der Waals surface area contributed by atoms with E-state index in [2.05, 4.69) is 10.6 Å². The predicted molar refractivity (Wildman–Crippen MR) is 87.8 cm³/mol. The number of primary amides is 1. The Balaban J connectivity index is 1.97. The Bertz CT molecular complexity index is 645. The summed E-state index contributed by atoms with van der Waals surface area (Å²) in [4.78, 5) is 24.3. The fourth-order valence-corrected chi connectivity index (χ4v) is 3.00. The van der Waals surface area contributed by atoms with Gasteiger partial charge in [-0.05, 0) is 17.7 Å². The van der Waals surface area contributed by atoms with Crippen molar-refractivity contribution < 1.29 is 9.59 Å². The van der Waals surface area contributed by atoms with Crippen LogP contribution >= 0.6 is 22.9 Å². The molecule has 116 valence electrons. The van der Waals surface area contributed by atoms with E-state index in [9.17, 15) is 9.59 Å². The molecule has 0 saturated heterocycles. The number of carbonyl (C=O) groups excluding carboxylic acids is 2. The number of halogens is 1. The Morgan fingerprint density at radius 2 is 1.91 bits per heavy atom. The maximum absolute atomic E-state index is 12.3. The molecule has 0 saturated carbocycles. The monoisotopic (exact) mass is 337 g/mol. The number of carbonyl (C=O) groups is 2. The molecule has 2 aromatic rings. The quantitative estimate of drug-likeness (QED) is 0.755. The molecule has 0 spiro atoms. The molecular formula is C15H16ClN3O2S. The lowest BCUT2D eigenvalue weighted by molar-refractivity contribution is -0.123. The highest BCUT2D eigenvalue weighted by Crippen LogP contribution is 2.21. The number of benzene rings is 1. The van der Waals surface area contributed by atoms with Crippen LogP contribution in [-0.4, -0.2) is 18.0 Å². The Hall–Kier alpha value is -2.05. The zero-order valence-corrected chi connectivity index (χ0v) is 13.3. The van der Waals surface area contributed by atoms with E-state index in [4.69, 9.17) is 17.3 Å². The molecule has 1 aromatic heterocycles. The fraction of sp³-hybridized carbons (Fsp3) is 0.200. The van der Waals surface area contributed by atoms with E-state index in [0.29, 0.717) is 17.3 Å². The maximum Gasteiger partial charge on any atom is 0.312 e. The number of nitrogens with two attached hydrogens (primary N) is 1. The average molecular weight is 338 g/mol. The first-order valence-corrected chi connectivity index (χ1v) is 7.86. The fourth-order valence-electron chi connectivity index (χ4n) is 1.97. The molecule has 7 heteroatoms. The number of rotatable bonds is 6. The van der Waals surface area contributed by atoms with Gasteiger partial charge in [-0.2, -0.15) is 0 Å². The summed E-state index contributed by atoms with van der Waals surface area (Å²) in [6.45, 7) is 0.363. The van der Waals surface area contributed by atoms with E-state index in [1.807, 2.05) is 36.4 Å². The zero-order valence-electron chi connectivity index (χ0n) is 11.7. The van der Waals surface area contributed by atoms with Crippen molar-refractivity contribution in [3.63, 3.8) is 0 Å². The smallest absolute Gasteiger partial charge is 0.312 e. The molecule has 1 heterocycles. The third kappa shape index (κ3) is 5.05. The molecule has 0 aliphatic heterocycles. The van der Waals surface area contributed by atoms with Crippen LogP contribution in [0.15, 0.2) is 42.5 Å². The molecule has 0 radical (unpaired) electrons. The van der Waals surface area contributed by atoms with Gasteiger partial charge in [-0.1, -0.05) is 41.9 Å². The van der Waals surface area contributed by atoms with Crippen LogP contribution in [0, 0.1) is 0 Å². The molecule has 22 heavy (non-hydrogen) atoms. The van der Waals surface area contributed by atoms with E-state index in [1.165, 1.54) is 11.3 Å². The number of thiophene rings is 1. The van der Waals surface area contributed by atoms with Gasteiger partial charge in [-0.3, -0.25) is 4.79 Å². The minimum absolute atomic E-state index is 0.285. The molecule has 0 unspecified atom stereocenters. The molecule has 4 N–H and O–H groups in total. The van der Waals surface area contributed by atoms with Crippen molar-refractivity contribution in [2.24, 2.45) is 5.73 Å². The van der Waals surface area contributed by atoms with Crippen LogP contribution in [0.5, 0.6) is 0 Å². The number of amides is 3. The second-order valence-corrected chi connectivity index (χ2v) is 6.47. The van der Waals surface area contributed by atoms with Crippen LogP contribution < -0.4 is 16.4 Å². The van der Waals surface area contributed by atoms with E-state index < -0.39 is 12.1 Å². The van der Waals surface area contributed by atoms with Crippen molar-refractivity contribution in [3.8, 4) is 0 Å². The largest absolute Gasteiger partial charge is 0.352 e. The van der Waals surface area contributed by atoms with Crippen molar-refractivity contribution in [2.45, 2.75) is 19.0 Å². The van der Waals surface area contributed by atoms with E-state index in [1.54, 1.807) is 6.07 Å². The highest BCUT2D eigenvalue weighted by molar-refractivity contribution is 7.16. The molecule has 3 amide bonds. The highest BCUT2D eigenvalue weighted by Gasteiger charge is 2.20. The van der Waals surface area contributed by atoms with Gasteiger partial charge in [-0.25, -0.2) is 4.79 Å². The summed E-state index contributed by atoms with van der Waals surface area (Å²) in [5, 5.41) is 5.25. The summed E-state index contributed by atoms with van der Waals surface area (Å²) in [5.74, 6) is -0.285. The summed E-state index contributed by atoms with van der Waals surface area (Å²) < 4.78 is 0.667. The molecular weight excluding hydrogens is 322 g/mol. The third-order valence-electron chi connectivity index (χ3n) is 2.98. The van der Waals surface area contributed by atoms with Crippen molar-refractivity contribution in [3.05, 3.63) is 57.2 Å². The Kier molecular flexibility index (Phi) is 5.80. The van der Waals surface area contributed by atoms with Gasteiger partial charge in [0.05, 0.1) is 10.9 Å². The minimum atomic E-state index is -0.727. The predicted octanol–water partition coefficient (Wildman–Crippen LogP) is 2.30. The molecule has 0 aliphatic rings. The van der Waals surface area contributed by atoms with E-state index >= 15 is 0 Å². The standard InChI is InChI=1S/C15H16ClN3O2S/c16-13-7-6-11(22-13)9-18-14(20)12(19-15(17)21)8-10-4-2-1-3-5-10/h1-7,12H,8-9H2,(H,18,20)(H3,17,19,21)/t12-/m0/s1. The second-order valence-electron chi connectivity index (χ2n) is 4.67. The van der Waals surface area contributed by atoms with Gasteiger partial charge in [0.25, 0.3) is 0 Å². The first-order valence-electron chi connectivity index (χ1n) is 6.66. The molecule has 5 nitrogen and oxygen atoms in total. The molecule has 1 atom stereocenters. The molecule has 2 rings (SSSR count). The molecule has 0 aliphatic carbocycles. The van der Waals surface area contributed by atoms with Crippen LogP contribution in [-0.2, 0) is 17.8 Å². The van der Waals surface area contributed by atoms with Crippen LogP contribution in [0.4, 0.5) is 4.79 Å². The lowest BCUT2D eigenvalue weighted by atomic mass is 10.1. The number of hydrogen-bond acceptors (Lipinski definition) is 3. The van der Waals surface area contributed by atoms with Gasteiger partial charge >= 0.3 is 6.03 Å². The summed E-state index contributed by atoms with van der Waals surface area (Å²) in [6, 6.07) is 11.6. The first-order chi connectivity index (χ1) is 10.5. The van der Waals surface area contributed by atoms with Gasteiger partial charge in [0.1, 0.15) is 6.04 Å². The topological polar surface area (TPSA) is 84.2 Å². The second kappa shape index (κ2) is 7.82. The van der Waals surface area contributed by atoms with Crippen LogP contribution in [0.2, 0.25) is 4.34 Å². The maximum atomic E-state index is 12.3. The van der Waals surface area contributed by atoms with Gasteiger partial charge in [-0.15, -0.1) is 11.3 Å². The average Bonchev–Trinajstić information content (AvgIpc) is 2.90. The van der Waals surface area contributed by atoms with E-state index in [0.717, 1.165) is 10.4 Å². The molecule has 1 aromatic carbocycles. The zero-order chi connectivity index (χ0) is 15.9. The third-order valence-corrected chi connectivity index (χ3v) is 4.21. The summed E-state index contributed by atoms with van der Waals surface area (Å²) >= 11 is 7.24. The summed E-state index contributed by atoms with van der Waals surface area (Å²) in [6.07, 6.45) is 0.376.